The minimum Gasteiger partial charge on any atom is -0.496 e. The molecular formula is C31H34N3O6+. The highest BCUT2D eigenvalue weighted by molar-refractivity contribution is 6.16. The lowest BCUT2D eigenvalue weighted by molar-refractivity contribution is -0.741. The first kappa shape index (κ1) is 26.0. The number of furan rings is 1. The Morgan fingerprint density at radius 1 is 1.18 bits per heavy atom. The fraction of sp³-hybridized carbons (Fsp3) is 0.387. The van der Waals surface area contributed by atoms with E-state index in [9.17, 15) is 4.79 Å². The lowest BCUT2D eigenvalue weighted by atomic mass is 9.98. The first-order valence-corrected chi connectivity index (χ1v) is 13.6. The van der Waals surface area contributed by atoms with E-state index in [1.807, 2.05) is 40.8 Å². The number of ether oxygens (including phenoxy) is 4. The minimum atomic E-state index is -0.102. The van der Waals surface area contributed by atoms with E-state index in [-0.39, 0.29) is 12.0 Å². The van der Waals surface area contributed by atoms with E-state index in [1.54, 1.807) is 21.3 Å². The smallest absolute Gasteiger partial charge is 0.349 e. The second kappa shape index (κ2) is 10.0. The summed E-state index contributed by atoms with van der Waals surface area (Å²) in [5.74, 6) is 3.37. The zero-order chi connectivity index (χ0) is 28.1. The maximum absolute atomic E-state index is 13.2. The summed E-state index contributed by atoms with van der Waals surface area (Å²) in [5.41, 5.74) is 4.68. The van der Waals surface area contributed by atoms with Gasteiger partial charge in [0, 0.05) is 29.0 Å². The zero-order valence-corrected chi connectivity index (χ0v) is 23.6. The molecule has 4 aromatic rings. The Kier molecular flexibility index (Phi) is 6.52. The molecule has 0 bridgehead atoms. The highest BCUT2D eigenvalue weighted by Crippen LogP contribution is 2.48. The Hall–Kier alpha value is -4.27. The second-order valence-corrected chi connectivity index (χ2v) is 10.3. The molecule has 0 N–H and O–H groups in total. The molecule has 0 saturated heterocycles. The summed E-state index contributed by atoms with van der Waals surface area (Å²) in [6, 6.07) is 7.68. The predicted octanol–water partition coefficient (Wildman–Crippen LogP) is 5.38. The van der Waals surface area contributed by atoms with Crippen LogP contribution in [0.1, 0.15) is 38.7 Å². The number of rotatable bonds is 8. The molecule has 1 amide bonds. The summed E-state index contributed by atoms with van der Waals surface area (Å²) < 4.78 is 31.8. The van der Waals surface area contributed by atoms with Gasteiger partial charge in [0.15, 0.2) is 11.5 Å². The highest BCUT2D eigenvalue weighted by Gasteiger charge is 2.40. The third-order valence-corrected chi connectivity index (χ3v) is 7.81. The predicted molar refractivity (Wildman–Crippen MR) is 152 cm³/mol. The first-order chi connectivity index (χ1) is 19.4. The molecule has 1 atom stereocenters. The maximum atomic E-state index is 13.2. The average molecular weight is 545 g/mol. The minimum absolute atomic E-state index is 0.0676. The number of methoxy groups -OCH3 is 3. The van der Waals surface area contributed by atoms with Crippen molar-refractivity contribution in [1.82, 2.24) is 5.10 Å². The number of carbonyl (C=O) groups excluding carboxylic acids is 1. The van der Waals surface area contributed by atoms with Gasteiger partial charge in [-0.3, -0.25) is 0 Å². The molecule has 2 aliphatic rings. The number of anilines is 1. The molecule has 0 saturated carbocycles. The summed E-state index contributed by atoms with van der Waals surface area (Å²) in [6.07, 6.45) is 2.77. The lowest BCUT2D eigenvalue weighted by Gasteiger charge is -2.22. The Bertz CT molecular complexity index is 1670. The van der Waals surface area contributed by atoms with Crippen LogP contribution in [0.2, 0.25) is 0 Å². The normalized spacial score (nSPS) is 16.2. The van der Waals surface area contributed by atoms with Gasteiger partial charge >= 0.3 is 11.7 Å². The Morgan fingerprint density at radius 2 is 1.95 bits per heavy atom. The van der Waals surface area contributed by atoms with Crippen LogP contribution in [-0.4, -0.2) is 45.0 Å². The monoisotopic (exact) mass is 544 g/mol. The van der Waals surface area contributed by atoms with E-state index in [4.69, 9.17) is 28.5 Å². The van der Waals surface area contributed by atoms with Crippen molar-refractivity contribution in [3.63, 3.8) is 0 Å². The van der Waals surface area contributed by atoms with Gasteiger partial charge in [0.1, 0.15) is 35.4 Å². The summed E-state index contributed by atoms with van der Waals surface area (Å²) in [4.78, 5) is 15.0. The number of hydrogen-bond acceptors (Lipinski definition) is 7. The summed E-state index contributed by atoms with van der Waals surface area (Å²) >= 11 is 0. The fourth-order valence-electron chi connectivity index (χ4n) is 5.75. The van der Waals surface area contributed by atoms with Crippen molar-refractivity contribution in [2.45, 2.75) is 52.2 Å². The quantitative estimate of drug-likeness (QED) is 0.217. The van der Waals surface area contributed by atoms with Gasteiger partial charge in [0.25, 0.3) is 0 Å². The summed E-state index contributed by atoms with van der Waals surface area (Å²) in [7, 11) is 4.87. The average Bonchev–Trinajstić information content (AvgIpc) is 3.57. The number of aromatic nitrogens is 2. The number of nitrogens with zero attached hydrogens (tertiary/aromatic N) is 3. The van der Waals surface area contributed by atoms with E-state index in [2.05, 4.69) is 13.5 Å². The first-order valence-electron chi connectivity index (χ1n) is 13.6. The third-order valence-electron chi connectivity index (χ3n) is 7.81. The van der Waals surface area contributed by atoms with Crippen LogP contribution in [0.15, 0.2) is 40.8 Å². The van der Waals surface area contributed by atoms with Crippen molar-refractivity contribution >= 4 is 33.7 Å². The number of unbranched alkanes of at least 4 members (excludes halogenated alkanes) is 1. The van der Waals surface area contributed by atoms with Crippen LogP contribution in [0.4, 0.5) is 5.82 Å². The Morgan fingerprint density at radius 3 is 2.65 bits per heavy atom. The van der Waals surface area contributed by atoms with E-state index >= 15 is 0 Å². The molecule has 2 aromatic heterocycles. The zero-order valence-electron chi connectivity index (χ0n) is 23.6. The largest absolute Gasteiger partial charge is 0.496 e. The molecule has 4 heterocycles. The molecule has 208 valence electrons. The van der Waals surface area contributed by atoms with Gasteiger partial charge < -0.3 is 23.4 Å². The molecule has 2 aliphatic heterocycles. The van der Waals surface area contributed by atoms with Crippen molar-refractivity contribution in [2.75, 3.05) is 32.8 Å². The molecule has 2 aromatic carbocycles. The molecule has 0 aliphatic carbocycles. The van der Waals surface area contributed by atoms with Gasteiger partial charge in [-0.05, 0) is 37.1 Å². The van der Waals surface area contributed by atoms with Gasteiger partial charge in [-0.2, -0.15) is 4.90 Å². The molecule has 0 radical (unpaired) electrons. The number of hydrogen-bond donors (Lipinski definition) is 0. The highest BCUT2D eigenvalue weighted by atomic mass is 16.5. The van der Waals surface area contributed by atoms with Crippen LogP contribution >= 0.6 is 0 Å². The van der Waals surface area contributed by atoms with Crippen LogP contribution < -0.4 is 28.5 Å². The van der Waals surface area contributed by atoms with Gasteiger partial charge in [0.05, 0.1) is 39.7 Å². The van der Waals surface area contributed by atoms with Crippen LogP contribution in [0.3, 0.4) is 0 Å². The van der Waals surface area contributed by atoms with Crippen molar-refractivity contribution in [3.05, 3.63) is 42.0 Å². The molecular weight excluding hydrogens is 510 g/mol. The Balaban J connectivity index is 1.68. The van der Waals surface area contributed by atoms with Gasteiger partial charge in [-0.25, -0.2) is 4.79 Å². The van der Waals surface area contributed by atoms with Gasteiger partial charge in [-0.1, -0.05) is 25.0 Å². The molecule has 0 fully saturated rings. The number of benzene rings is 2. The van der Waals surface area contributed by atoms with Gasteiger partial charge in [-0.15, -0.1) is 4.68 Å². The van der Waals surface area contributed by atoms with Crippen LogP contribution in [0, 0.1) is 0 Å². The van der Waals surface area contributed by atoms with Crippen LogP contribution in [0.5, 0.6) is 23.0 Å². The third kappa shape index (κ3) is 3.94. The fourth-order valence-corrected chi connectivity index (χ4v) is 5.75. The summed E-state index contributed by atoms with van der Waals surface area (Å²) in [6.45, 7) is 9.22. The van der Waals surface area contributed by atoms with E-state index < -0.39 is 0 Å². The van der Waals surface area contributed by atoms with Crippen molar-refractivity contribution in [2.24, 2.45) is 0 Å². The number of carbonyl (C=O) groups is 1. The van der Waals surface area contributed by atoms with Gasteiger partial charge in [0.2, 0.25) is 5.58 Å². The van der Waals surface area contributed by atoms with E-state index in [0.29, 0.717) is 65.9 Å². The molecule has 9 nitrogen and oxygen atoms in total. The van der Waals surface area contributed by atoms with Crippen molar-refractivity contribution < 1.29 is 32.8 Å². The van der Waals surface area contributed by atoms with E-state index in [0.717, 1.165) is 46.1 Å². The molecule has 0 spiro atoms. The van der Waals surface area contributed by atoms with Crippen molar-refractivity contribution in [3.8, 4) is 34.3 Å². The Labute approximate surface area is 232 Å². The standard InChI is InChI=1S/C31H34N3O6/c1-7-8-12-33-26(35)11-13-34-31(33)30-27(19-14-24(36-4)25(37-5)16-23(19)40-30)28(32-34)18-9-10-21-20(29(18)38-6)15-22(39-21)17(2)3/h9-10,14,16,22H,2,7-8,11-13,15H2,1,3-6H3/q+1/t22-/m1/s1. The van der Waals surface area contributed by atoms with Crippen LogP contribution in [0.25, 0.3) is 33.2 Å². The molecule has 9 heteroatoms. The summed E-state index contributed by atoms with van der Waals surface area (Å²) in [5, 5.41) is 6.76. The number of amides is 1. The topological polar surface area (TPSA) is 87.1 Å². The van der Waals surface area contributed by atoms with E-state index in [1.165, 1.54) is 0 Å². The maximum Gasteiger partial charge on any atom is 0.349 e. The lowest BCUT2D eigenvalue weighted by Crippen LogP contribution is -2.53. The van der Waals surface area contributed by atoms with Crippen LogP contribution in [-0.2, 0) is 17.8 Å². The molecule has 6 rings (SSSR count). The molecule has 40 heavy (non-hydrogen) atoms. The second-order valence-electron chi connectivity index (χ2n) is 10.3. The van der Waals surface area contributed by atoms with Crippen molar-refractivity contribution in [1.29, 1.82) is 0 Å². The number of fused-ring (bicyclic) bond motifs is 6. The SMILES string of the molecule is C=C(C)[C@H]1Cc2c(ccc(-c3n[n+]4c(c5oc6cc(OC)c(OC)cc6c35)N(CCCC)C(=O)CC4)c2OC)O1. The molecule has 0 unspecified atom stereocenters. The number of aryl methyl sites for hydroxylation is 1.